The van der Waals surface area contributed by atoms with Gasteiger partial charge >= 0.3 is 5.97 Å². The van der Waals surface area contributed by atoms with Gasteiger partial charge in [-0.1, -0.05) is 12.1 Å². The van der Waals surface area contributed by atoms with Crippen molar-refractivity contribution >= 4 is 11.9 Å². The van der Waals surface area contributed by atoms with E-state index < -0.39 is 11.6 Å². The minimum atomic E-state index is -0.934. The Labute approximate surface area is 146 Å². The van der Waals surface area contributed by atoms with E-state index in [4.69, 9.17) is 11.5 Å². The van der Waals surface area contributed by atoms with Crippen LogP contribution in [0.2, 0.25) is 0 Å². The number of benzene rings is 1. The van der Waals surface area contributed by atoms with Crippen LogP contribution >= 0.6 is 0 Å². The predicted octanol–water partition coefficient (Wildman–Crippen LogP) is 2.89. The van der Waals surface area contributed by atoms with Crippen molar-refractivity contribution in [3.63, 3.8) is 0 Å². The van der Waals surface area contributed by atoms with Crippen molar-refractivity contribution in [2.45, 2.75) is 49.6 Å². The van der Waals surface area contributed by atoms with Crippen molar-refractivity contribution in [2.24, 2.45) is 10.2 Å². The maximum absolute atomic E-state index is 12.1. The first-order chi connectivity index (χ1) is 12.0. The summed E-state index contributed by atoms with van der Waals surface area (Å²) in [5.41, 5.74) is 0.695. The van der Waals surface area contributed by atoms with Crippen LogP contribution < -0.4 is 5.32 Å². The molecular formula is C19H21N3O3. The number of nitrogens with one attached hydrogen (secondary N) is 1. The van der Waals surface area contributed by atoms with Crippen molar-refractivity contribution in [2.75, 3.05) is 6.54 Å². The highest BCUT2D eigenvalue weighted by atomic mass is 16.4. The smallest absolute Gasteiger partial charge is 0.335 e. The second kappa shape index (κ2) is 6.67. The molecule has 1 aliphatic heterocycles. The van der Waals surface area contributed by atoms with Crippen LogP contribution in [0.15, 0.2) is 34.5 Å². The summed E-state index contributed by atoms with van der Waals surface area (Å²) in [7, 11) is 0. The molecule has 0 unspecified atom stereocenters. The van der Waals surface area contributed by atoms with E-state index in [1.54, 1.807) is 18.2 Å². The molecule has 1 fully saturated rings. The first-order valence-electron chi connectivity index (χ1n) is 8.47. The SMILES string of the molecule is C#CCCC1(CCC(=O)NCC2(c3cccc(C(=O)O)c3)CC2)N=N1. The fraction of sp³-hybridized carbons (Fsp3) is 0.474. The summed E-state index contributed by atoms with van der Waals surface area (Å²) in [4.78, 5) is 23.3. The molecule has 3 rings (SSSR count). The minimum Gasteiger partial charge on any atom is -0.478 e. The highest BCUT2D eigenvalue weighted by Crippen LogP contribution is 2.47. The summed E-state index contributed by atoms with van der Waals surface area (Å²) in [6.45, 7) is 0.528. The molecule has 6 nitrogen and oxygen atoms in total. The third-order valence-electron chi connectivity index (χ3n) is 5.00. The Bertz CT molecular complexity index is 753. The van der Waals surface area contributed by atoms with Crippen LogP contribution in [0.25, 0.3) is 0 Å². The molecule has 1 aromatic rings. The van der Waals surface area contributed by atoms with Gasteiger partial charge < -0.3 is 10.4 Å². The van der Waals surface area contributed by atoms with Crippen LogP contribution in [0.1, 0.15) is 54.4 Å². The average Bonchev–Trinajstić information content (AvgIpc) is 3.53. The van der Waals surface area contributed by atoms with Crippen molar-refractivity contribution in [1.29, 1.82) is 0 Å². The van der Waals surface area contributed by atoms with Gasteiger partial charge in [0.25, 0.3) is 0 Å². The van der Waals surface area contributed by atoms with Crippen LogP contribution in [0.4, 0.5) is 0 Å². The number of hydrogen-bond acceptors (Lipinski definition) is 4. The van der Waals surface area contributed by atoms with Gasteiger partial charge in [0.2, 0.25) is 5.91 Å². The van der Waals surface area contributed by atoms with Gasteiger partial charge in [0, 0.05) is 37.6 Å². The van der Waals surface area contributed by atoms with Crippen molar-refractivity contribution in [3.8, 4) is 12.3 Å². The van der Waals surface area contributed by atoms with Crippen LogP contribution in [-0.4, -0.2) is 29.2 Å². The molecule has 130 valence electrons. The van der Waals surface area contributed by atoms with E-state index in [0.717, 1.165) is 18.4 Å². The fourth-order valence-corrected chi connectivity index (χ4v) is 3.04. The molecule has 1 amide bonds. The molecule has 1 aliphatic carbocycles. The molecule has 1 heterocycles. The summed E-state index contributed by atoms with van der Waals surface area (Å²) in [5.74, 6) is 1.61. The highest BCUT2D eigenvalue weighted by molar-refractivity contribution is 5.87. The topological polar surface area (TPSA) is 91.1 Å². The lowest BCUT2D eigenvalue weighted by Gasteiger charge is -2.17. The monoisotopic (exact) mass is 339 g/mol. The van der Waals surface area contributed by atoms with Crippen molar-refractivity contribution in [3.05, 3.63) is 35.4 Å². The largest absolute Gasteiger partial charge is 0.478 e. The summed E-state index contributed by atoms with van der Waals surface area (Å²) in [5, 5.41) is 20.2. The number of rotatable bonds is 9. The molecule has 0 saturated heterocycles. The average molecular weight is 339 g/mol. The Morgan fingerprint density at radius 2 is 2.04 bits per heavy atom. The zero-order chi connectivity index (χ0) is 17.9. The second-order valence-corrected chi connectivity index (χ2v) is 6.83. The number of carbonyl (C=O) groups excluding carboxylic acids is 1. The number of carboxylic acids is 1. The van der Waals surface area contributed by atoms with Gasteiger partial charge in [-0.05, 0) is 30.5 Å². The van der Waals surface area contributed by atoms with Gasteiger partial charge in [-0.2, -0.15) is 10.2 Å². The zero-order valence-electron chi connectivity index (χ0n) is 14.0. The van der Waals surface area contributed by atoms with E-state index in [1.807, 2.05) is 6.07 Å². The number of carboxylic acid groups (broad SMARTS) is 1. The molecule has 1 aromatic carbocycles. The lowest BCUT2D eigenvalue weighted by molar-refractivity contribution is -0.121. The third-order valence-corrected chi connectivity index (χ3v) is 5.00. The van der Waals surface area contributed by atoms with Crippen LogP contribution in [-0.2, 0) is 10.2 Å². The van der Waals surface area contributed by atoms with E-state index in [0.29, 0.717) is 32.2 Å². The predicted molar refractivity (Wildman–Crippen MR) is 92.2 cm³/mol. The zero-order valence-corrected chi connectivity index (χ0v) is 14.0. The summed E-state index contributed by atoms with van der Waals surface area (Å²) in [6, 6.07) is 6.98. The van der Waals surface area contributed by atoms with Gasteiger partial charge in [0.05, 0.1) is 5.56 Å². The number of aromatic carboxylic acids is 1. The van der Waals surface area contributed by atoms with E-state index in [2.05, 4.69) is 21.5 Å². The van der Waals surface area contributed by atoms with Crippen LogP contribution in [0, 0.1) is 12.3 Å². The Kier molecular flexibility index (Phi) is 4.58. The number of carbonyl (C=O) groups is 2. The number of amides is 1. The normalized spacial score (nSPS) is 18.2. The van der Waals surface area contributed by atoms with Crippen molar-refractivity contribution < 1.29 is 14.7 Å². The molecule has 0 atom stereocenters. The number of hydrogen-bond donors (Lipinski definition) is 2. The Morgan fingerprint density at radius 1 is 1.28 bits per heavy atom. The summed E-state index contributed by atoms with van der Waals surface area (Å²) in [6.07, 6.45) is 9.42. The van der Waals surface area contributed by atoms with E-state index in [9.17, 15) is 9.59 Å². The third kappa shape index (κ3) is 4.05. The molecule has 2 N–H and O–H groups in total. The summed E-state index contributed by atoms with van der Waals surface area (Å²) < 4.78 is 0. The Morgan fingerprint density at radius 3 is 2.64 bits per heavy atom. The quantitative estimate of drug-likeness (QED) is 0.678. The molecule has 25 heavy (non-hydrogen) atoms. The van der Waals surface area contributed by atoms with Gasteiger partial charge in [0.15, 0.2) is 5.66 Å². The lowest BCUT2D eigenvalue weighted by atomic mass is 9.94. The first kappa shape index (κ1) is 17.2. The second-order valence-electron chi connectivity index (χ2n) is 6.83. The molecule has 6 heteroatoms. The van der Waals surface area contributed by atoms with E-state index in [-0.39, 0.29) is 16.9 Å². The molecule has 2 aliphatic rings. The standard InChI is InChI=1S/C19H21N3O3/c1-2-3-8-19(21-22-19)9-7-16(23)20-13-18(10-11-18)15-6-4-5-14(12-15)17(24)25/h1,4-6,12H,3,7-11,13H2,(H,20,23)(H,24,25). The molecular weight excluding hydrogens is 318 g/mol. The molecule has 0 aromatic heterocycles. The van der Waals surface area contributed by atoms with Gasteiger partial charge in [-0.15, -0.1) is 12.3 Å². The van der Waals surface area contributed by atoms with E-state index in [1.165, 1.54) is 0 Å². The Hall–Kier alpha value is -2.68. The maximum atomic E-state index is 12.1. The van der Waals surface area contributed by atoms with Crippen molar-refractivity contribution in [1.82, 2.24) is 5.32 Å². The lowest BCUT2D eigenvalue weighted by Crippen LogP contribution is -2.33. The van der Waals surface area contributed by atoms with E-state index >= 15 is 0 Å². The summed E-state index contributed by atoms with van der Waals surface area (Å²) >= 11 is 0. The number of nitrogens with zero attached hydrogens (tertiary/aromatic N) is 2. The van der Waals surface area contributed by atoms with Gasteiger partial charge in [0.1, 0.15) is 0 Å². The Balaban J connectivity index is 1.50. The van der Waals surface area contributed by atoms with Gasteiger partial charge in [-0.3, -0.25) is 4.79 Å². The van der Waals surface area contributed by atoms with Gasteiger partial charge in [-0.25, -0.2) is 4.79 Å². The first-order valence-corrected chi connectivity index (χ1v) is 8.47. The van der Waals surface area contributed by atoms with Crippen LogP contribution in [0.5, 0.6) is 0 Å². The molecule has 0 spiro atoms. The fourth-order valence-electron chi connectivity index (χ4n) is 3.04. The minimum absolute atomic E-state index is 0.0296. The number of terminal acetylenes is 1. The molecule has 1 saturated carbocycles. The molecule has 0 bridgehead atoms. The molecule has 0 radical (unpaired) electrons. The maximum Gasteiger partial charge on any atom is 0.335 e. The highest BCUT2D eigenvalue weighted by Gasteiger charge is 2.45. The van der Waals surface area contributed by atoms with Crippen LogP contribution in [0.3, 0.4) is 0 Å².